The molecule has 0 radical (unpaired) electrons. The molecule has 0 spiro atoms. The fourth-order valence-electron chi connectivity index (χ4n) is 2.92. The van der Waals surface area contributed by atoms with Gasteiger partial charge < -0.3 is 15.8 Å². The molecule has 1 fully saturated rings. The third-order valence-electron chi connectivity index (χ3n) is 4.23. The minimum atomic E-state index is 0.00665. The van der Waals surface area contributed by atoms with Gasteiger partial charge in [0, 0.05) is 12.0 Å². The van der Waals surface area contributed by atoms with Gasteiger partial charge in [-0.3, -0.25) is 4.79 Å². The maximum Gasteiger partial charge on any atom is 0.227 e. The zero-order valence-corrected chi connectivity index (χ0v) is 13.1. The molecule has 120 valence electrons. The molecule has 3 N–H and O–H groups in total. The largest absolute Gasteiger partial charge is 0.487 e. The number of rotatable bonds is 5. The fourth-order valence-corrected chi connectivity index (χ4v) is 2.92. The summed E-state index contributed by atoms with van der Waals surface area (Å²) in [5, 5.41) is 2.99. The standard InChI is InChI=1S/C19H22N2O2/c20-16-11-10-15(12-16)19(22)21-17-8-4-5-9-18(17)23-13-14-6-2-1-3-7-14/h1-9,15-16H,10-13,20H2,(H,21,22)/t15-,16+/m1/s1. The molecule has 23 heavy (non-hydrogen) atoms. The molecule has 1 saturated carbocycles. The molecular formula is C19H22N2O2. The van der Waals surface area contributed by atoms with Crippen molar-refractivity contribution >= 4 is 11.6 Å². The van der Waals surface area contributed by atoms with Crippen LogP contribution in [0.25, 0.3) is 0 Å². The van der Waals surface area contributed by atoms with Gasteiger partial charge >= 0.3 is 0 Å². The van der Waals surface area contributed by atoms with Crippen molar-refractivity contribution in [2.24, 2.45) is 11.7 Å². The van der Waals surface area contributed by atoms with Crippen LogP contribution in [0, 0.1) is 5.92 Å². The van der Waals surface area contributed by atoms with Gasteiger partial charge in [0.05, 0.1) is 5.69 Å². The van der Waals surface area contributed by atoms with Crippen molar-refractivity contribution in [3.05, 3.63) is 60.2 Å². The van der Waals surface area contributed by atoms with Gasteiger partial charge in [0.2, 0.25) is 5.91 Å². The molecule has 0 heterocycles. The van der Waals surface area contributed by atoms with Crippen LogP contribution in [0.1, 0.15) is 24.8 Å². The van der Waals surface area contributed by atoms with E-state index >= 15 is 0 Å². The maximum absolute atomic E-state index is 12.4. The van der Waals surface area contributed by atoms with Crippen LogP contribution in [-0.4, -0.2) is 11.9 Å². The summed E-state index contributed by atoms with van der Waals surface area (Å²) in [5.74, 6) is 0.730. The number of benzene rings is 2. The lowest BCUT2D eigenvalue weighted by Gasteiger charge is -2.15. The third kappa shape index (κ3) is 4.11. The van der Waals surface area contributed by atoms with E-state index < -0.39 is 0 Å². The van der Waals surface area contributed by atoms with Crippen molar-refractivity contribution in [1.82, 2.24) is 0 Å². The second kappa shape index (κ2) is 7.29. The Kier molecular flexibility index (Phi) is 4.93. The molecule has 2 atom stereocenters. The van der Waals surface area contributed by atoms with Gasteiger partial charge in [0.15, 0.2) is 0 Å². The molecule has 0 aliphatic heterocycles. The lowest BCUT2D eigenvalue weighted by molar-refractivity contribution is -0.119. The van der Waals surface area contributed by atoms with E-state index in [1.54, 1.807) is 0 Å². The Bertz CT molecular complexity index is 657. The van der Waals surface area contributed by atoms with Gasteiger partial charge in [-0.05, 0) is 37.0 Å². The van der Waals surface area contributed by atoms with Crippen molar-refractivity contribution in [1.29, 1.82) is 0 Å². The number of hydrogen-bond acceptors (Lipinski definition) is 3. The Hall–Kier alpha value is -2.33. The molecule has 0 aromatic heterocycles. The Labute approximate surface area is 136 Å². The monoisotopic (exact) mass is 310 g/mol. The fraction of sp³-hybridized carbons (Fsp3) is 0.316. The molecule has 0 saturated heterocycles. The average Bonchev–Trinajstić information content (AvgIpc) is 3.02. The van der Waals surface area contributed by atoms with Crippen LogP contribution >= 0.6 is 0 Å². The first-order valence-corrected chi connectivity index (χ1v) is 8.04. The first-order valence-electron chi connectivity index (χ1n) is 8.04. The summed E-state index contributed by atoms with van der Waals surface area (Å²) in [6.45, 7) is 0.474. The highest BCUT2D eigenvalue weighted by Crippen LogP contribution is 2.29. The molecule has 4 nitrogen and oxygen atoms in total. The SMILES string of the molecule is N[C@H]1CC[C@@H](C(=O)Nc2ccccc2OCc2ccccc2)C1. The van der Waals surface area contributed by atoms with Crippen LogP contribution < -0.4 is 15.8 Å². The van der Waals surface area contributed by atoms with Gasteiger partial charge in [-0.2, -0.15) is 0 Å². The van der Waals surface area contributed by atoms with Crippen LogP contribution in [0.5, 0.6) is 5.75 Å². The van der Waals surface area contributed by atoms with E-state index in [1.165, 1.54) is 0 Å². The van der Waals surface area contributed by atoms with E-state index in [4.69, 9.17) is 10.5 Å². The highest BCUT2D eigenvalue weighted by Gasteiger charge is 2.28. The first kappa shape index (κ1) is 15.6. The molecule has 4 heteroatoms. The summed E-state index contributed by atoms with van der Waals surface area (Å²) < 4.78 is 5.87. The highest BCUT2D eigenvalue weighted by molar-refractivity contribution is 5.94. The van der Waals surface area contributed by atoms with Gasteiger partial charge in [-0.25, -0.2) is 0 Å². The van der Waals surface area contributed by atoms with E-state index in [-0.39, 0.29) is 17.9 Å². The van der Waals surface area contributed by atoms with Gasteiger partial charge in [0.25, 0.3) is 0 Å². The van der Waals surface area contributed by atoms with E-state index in [0.29, 0.717) is 18.0 Å². The number of hydrogen-bond donors (Lipinski definition) is 2. The molecule has 1 aliphatic carbocycles. The summed E-state index contributed by atoms with van der Waals surface area (Å²) >= 11 is 0. The molecule has 2 aromatic carbocycles. The van der Waals surface area contributed by atoms with Crippen molar-refractivity contribution < 1.29 is 9.53 Å². The lowest BCUT2D eigenvalue weighted by atomic mass is 10.1. The van der Waals surface area contributed by atoms with Crippen molar-refractivity contribution in [2.75, 3.05) is 5.32 Å². The minimum Gasteiger partial charge on any atom is -0.487 e. The molecule has 0 unspecified atom stereocenters. The number of anilines is 1. The number of carbonyl (C=O) groups is 1. The summed E-state index contributed by atoms with van der Waals surface area (Å²) in [5.41, 5.74) is 7.70. The topological polar surface area (TPSA) is 64.4 Å². The molecule has 3 rings (SSSR count). The van der Waals surface area contributed by atoms with Crippen molar-refractivity contribution in [2.45, 2.75) is 31.9 Å². The van der Waals surface area contributed by atoms with E-state index in [1.807, 2.05) is 54.6 Å². The molecule has 1 aliphatic rings. The average molecular weight is 310 g/mol. The zero-order chi connectivity index (χ0) is 16.1. The van der Waals surface area contributed by atoms with E-state index in [0.717, 1.165) is 24.8 Å². The normalized spacial score (nSPS) is 20.2. The van der Waals surface area contributed by atoms with Crippen molar-refractivity contribution in [3.8, 4) is 5.75 Å². The molecule has 1 amide bonds. The quantitative estimate of drug-likeness (QED) is 0.890. The molecular weight excluding hydrogens is 288 g/mol. The number of nitrogens with one attached hydrogen (secondary N) is 1. The van der Waals surface area contributed by atoms with E-state index in [2.05, 4.69) is 5.32 Å². The Balaban J connectivity index is 1.64. The number of amides is 1. The third-order valence-corrected chi connectivity index (χ3v) is 4.23. The maximum atomic E-state index is 12.4. The van der Waals surface area contributed by atoms with Crippen LogP contribution in [0.2, 0.25) is 0 Å². The predicted molar refractivity (Wildman–Crippen MR) is 91.2 cm³/mol. The summed E-state index contributed by atoms with van der Waals surface area (Å²) in [7, 11) is 0. The Morgan fingerprint density at radius 3 is 2.57 bits per heavy atom. The number of ether oxygens (including phenoxy) is 1. The van der Waals surface area contributed by atoms with Crippen LogP contribution in [-0.2, 0) is 11.4 Å². The number of nitrogens with two attached hydrogens (primary N) is 1. The molecule has 0 bridgehead atoms. The summed E-state index contributed by atoms with van der Waals surface area (Å²) in [6, 6.07) is 17.7. The lowest BCUT2D eigenvalue weighted by Crippen LogP contribution is -2.23. The summed E-state index contributed by atoms with van der Waals surface area (Å²) in [6.07, 6.45) is 2.54. The van der Waals surface area contributed by atoms with E-state index in [9.17, 15) is 4.79 Å². The minimum absolute atomic E-state index is 0.00665. The Morgan fingerprint density at radius 1 is 1.09 bits per heavy atom. The van der Waals surface area contributed by atoms with Gasteiger partial charge in [0.1, 0.15) is 12.4 Å². The molecule has 2 aromatic rings. The summed E-state index contributed by atoms with van der Waals surface area (Å²) in [4.78, 5) is 12.4. The van der Waals surface area contributed by atoms with Crippen LogP contribution in [0.4, 0.5) is 5.69 Å². The Morgan fingerprint density at radius 2 is 1.83 bits per heavy atom. The highest BCUT2D eigenvalue weighted by atomic mass is 16.5. The number of carbonyl (C=O) groups excluding carboxylic acids is 1. The van der Waals surface area contributed by atoms with Crippen LogP contribution in [0.3, 0.4) is 0 Å². The second-order valence-corrected chi connectivity index (χ2v) is 6.03. The smallest absolute Gasteiger partial charge is 0.227 e. The van der Waals surface area contributed by atoms with Crippen LogP contribution in [0.15, 0.2) is 54.6 Å². The second-order valence-electron chi connectivity index (χ2n) is 6.03. The van der Waals surface area contributed by atoms with Crippen molar-refractivity contribution in [3.63, 3.8) is 0 Å². The first-order chi connectivity index (χ1) is 11.2. The number of para-hydroxylation sites is 2. The van der Waals surface area contributed by atoms with Gasteiger partial charge in [-0.1, -0.05) is 42.5 Å². The predicted octanol–water partition coefficient (Wildman–Crippen LogP) is 3.33. The van der Waals surface area contributed by atoms with Gasteiger partial charge in [-0.15, -0.1) is 0 Å². The zero-order valence-electron chi connectivity index (χ0n) is 13.1.